The molecule has 2 aliphatic rings. The van der Waals surface area contributed by atoms with Crippen LogP contribution in [0.3, 0.4) is 0 Å². The molecule has 0 bridgehead atoms. The second-order valence-electron chi connectivity index (χ2n) is 10.4. The fraction of sp³-hybridized carbons (Fsp3) is 0.741. The molecule has 194 valence electrons. The molecule has 2 heterocycles. The molecule has 2 rings (SSSR count). The van der Waals surface area contributed by atoms with Crippen molar-refractivity contribution < 1.29 is 34.7 Å². The number of rotatable bonds is 8. The van der Waals surface area contributed by atoms with E-state index in [1.54, 1.807) is 12.2 Å². The van der Waals surface area contributed by atoms with Crippen LogP contribution in [0.4, 0.5) is 0 Å². The number of esters is 1. The second-order valence-corrected chi connectivity index (χ2v) is 10.4. The maximum atomic E-state index is 12.3. The van der Waals surface area contributed by atoms with Crippen molar-refractivity contribution in [3.63, 3.8) is 0 Å². The van der Waals surface area contributed by atoms with Gasteiger partial charge in [0.25, 0.3) is 0 Å². The Morgan fingerprint density at radius 3 is 2.62 bits per heavy atom. The summed E-state index contributed by atoms with van der Waals surface area (Å²) in [5, 5.41) is 40.9. The Hall–Kier alpha value is -1.51. The van der Waals surface area contributed by atoms with Gasteiger partial charge in [-0.3, -0.25) is 4.79 Å². The molecule has 0 aliphatic carbocycles. The van der Waals surface area contributed by atoms with Crippen molar-refractivity contribution in [3.8, 4) is 0 Å². The first kappa shape index (κ1) is 28.7. The van der Waals surface area contributed by atoms with E-state index in [1.807, 2.05) is 32.9 Å². The van der Waals surface area contributed by atoms with Crippen molar-refractivity contribution >= 4 is 5.97 Å². The van der Waals surface area contributed by atoms with Gasteiger partial charge >= 0.3 is 5.97 Å². The van der Waals surface area contributed by atoms with E-state index in [0.29, 0.717) is 0 Å². The van der Waals surface area contributed by atoms with E-state index in [0.717, 1.165) is 12.8 Å². The van der Waals surface area contributed by atoms with E-state index < -0.39 is 29.9 Å². The molecule has 0 radical (unpaired) electrons. The predicted octanol–water partition coefficient (Wildman–Crippen LogP) is 3.06. The first-order valence-electron chi connectivity index (χ1n) is 12.6. The van der Waals surface area contributed by atoms with Crippen LogP contribution in [-0.2, 0) is 14.3 Å². The molecule has 0 aromatic heterocycles. The van der Waals surface area contributed by atoms with Crippen LogP contribution in [0.5, 0.6) is 0 Å². The third-order valence-corrected chi connectivity index (χ3v) is 7.03. The highest BCUT2D eigenvalue weighted by Gasteiger charge is 2.44. The molecule has 0 unspecified atom stereocenters. The largest absolute Gasteiger partial charge is 0.457 e. The van der Waals surface area contributed by atoms with Crippen molar-refractivity contribution in [2.24, 2.45) is 17.8 Å². The van der Waals surface area contributed by atoms with E-state index >= 15 is 0 Å². The molecule has 0 spiro atoms. The number of cyclic esters (lactones) is 1. The average Bonchev–Trinajstić information content (AvgIpc) is 3.54. The lowest BCUT2D eigenvalue weighted by molar-refractivity contribution is -0.151. The van der Waals surface area contributed by atoms with Gasteiger partial charge in [0.1, 0.15) is 12.2 Å². The van der Waals surface area contributed by atoms with Crippen LogP contribution in [0, 0.1) is 17.8 Å². The van der Waals surface area contributed by atoms with Crippen molar-refractivity contribution in [1.29, 1.82) is 0 Å². The van der Waals surface area contributed by atoms with Crippen LogP contribution >= 0.6 is 0 Å². The fourth-order valence-corrected chi connectivity index (χ4v) is 4.29. The highest BCUT2D eigenvalue weighted by molar-refractivity contribution is 5.70. The van der Waals surface area contributed by atoms with E-state index in [4.69, 9.17) is 9.47 Å². The lowest BCUT2D eigenvalue weighted by Crippen LogP contribution is -2.39. The molecular formula is C27H44O7. The third kappa shape index (κ3) is 8.93. The summed E-state index contributed by atoms with van der Waals surface area (Å²) in [7, 11) is 0. The number of aliphatic hydroxyl groups excluding tert-OH is 3. The third-order valence-electron chi connectivity index (χ3n) is 7.03. The summed E-state index contributed by atoms with van der Waals surface area (Å²) < 4.78 is 11.4. The van der Waals surface area contributed by atoms with Gasteiger partial charge < -0.3 is 29.9 Å². The Morgan fingerprint density at radius 1 is 1.24 bits per heavy atom. The molecule has 10 atom stereocenters. The first-order chi connectivity index (χ1) is 15.9. The zero-order valence-corrected chi connectivity index (χ0v) is 21.2. The van der Waals surface area contributed by atoms with Crippen molar-refractivity contribution in [3.05, 3.63) is 36.5 Å². The van der Waals surface area contributed by atoms with Gasteiger partial charge in [0.2, 0.25) is 0 Å². The van der Waals surface area contributed by atoms with Crippen LogP contribution in [0.15, 0.2) is 36.5 Å². The Morgan fingerprint density at radius 2 is 1.94 bits per heavy atom. The normalized spacial score (nSPS) is 39.1. The van der Waals surface area contributed by atoms with Gasteiger partial charge in [-0.15, -0.1) is 0 Å². The first-order valence-corrected chi connectivity index (χ1v) is 12.6. The van der Waals surface area contributed by atoms with Gasteiger partial charge in [-0.25, -0.2) is 0 Å². The summed E-state index contributed by atoms with van der Waals surface area (Å²) in [4.78, 5) is 12.3. The van der Waals surface area contributed by atoms with E-state index in [9.17, 15) is 25.2 Å². The molecular weight excluding hydrogens is 436 g/mol. The van der Waals surface area contributed by atoms with Crippen molar-refractivity contribution in [2.45, 2.75) is 109 Å². The van der Waals surface area contributed by atoms with Gasteiger partial charge in [0.05, 0.1) is 36.4 Å². The highest BCUT2D eigenvalue weighted by Crippen LogP contribution is 2.36. The highest BCUT2D eigenvalue weighted by atomic mass is 16.6. The average molecular weight is 481 g/mol. The summed E-state index contributed by atoms with van der Waals surface area (Å²) >= 11 is 0. The molecule has 7 heteroatoms. The van der Waals surface area contributed by atoms with E-state index in [-0.39, 0.29) is 55.3 Å². The second kappa shape index (κ2) is 13.0. The van der Waals surface area contributed by atoms with Gasteiger partial charge in [0, 0.05) is 11.8 Å². The van der Waals surface area contributed by atoms with Gasteiger partial charge in [0.15, 0.2) is 0 Å². The maximum absolute atomic E-state index is 12.3. The molecule has 0 aromatic rings. The number of allylic oxidation sites excluding steroid dienone is 3. The SMILES string of the molecule is CC[C@H](O)[C@@H](C)[C@H]1O[C@@H]1C[C@@H](C)/C=C/C=C/[C@@H]1OC(=O)C[C@H](O)CC[C@](C)(O)[C@@H](O)/C=C/[C@@H]1C. The summed E-state index contributed by atoms with van der Waals surface area (Å²) in [5.74, 6) is -0.313. The Labute approximate surface area is 204 Å². The van der Waals surface area contributed by atoms with Crippen LogP contribution in [-0.4, -0.2) is 68.6 Å². The minimum Gasteiger partial charge on any atom is -0.457 e. The summed E-state index contributed by atoms with van der Waals surface area (Å²) in [6.45, 7) is 9.50. The van der Waals surface area contributed by atoms with Gasteiger partial charge in [-0.2, -0.15) is 0 Å². The number of aliphatic hydroxyl groups is 4. The number of hydrogen-bond donors (Lipinski definition) is 4. The molecule has 4 N–H and O–H groups in total. The Balaban J connectivity index is 1.96. The zero-order chi connectivity index (χ0) is 25.5. The van der Waals surface area contributed by atoms with Crippen LogP contribution in [0.1, 0.15) is 66.7 Å². The lowest BCUT2D eigenvalue weighted by atomic mass is 9.89. The Bertz CT molecular complexity index is 728. The van der Waals surface area contributed by atoms with Crippen molar-refractivity contribution in [2.75, 3.05) is 0 Å². The molecule has 1 saturated heterocycles. The van der Waals surface area contributed by atoms with Crippen LogP contribution in [0.2, 0.25) is 0 Å². The van der Waals surface area contributed by atoms with Gasteiger partial charge in [-0.05, 0) is 44.6 Å². The molecule has 7 nitrogen and oxygen atoms in total. The zero-order valence-electron chi connectivity index (χ0n) is 21.2. The predicted molar refractivity (Wildman–Crippen MR) is 131 cm³/mol. The number of ether oxygens (including phenoxy) is 2. The van der Waals surface area contributed by atoms with Crippen LogP contribution < -0.4 is 0 Å². The summed E-state index contributed by atoms with van der Waals surface area (Å²) in [6.07, 6.45) is 10.0. The molecule has 0 aromatic carbocycles. The Kier molecular flexibility index (Phi) is 11.0. The maximum Gasteiger partial charge on any atom is 0.309 e. The number of carbonyl (C=O) groups excluding carboxylic acids is 1. The van der Waals surface area contributed by atoms with E-state index in [2.05, 4.69) is 13.0 Å². The monoisotopic (exact) mass is 480 g/mol. The molecule has 0 saturated carbocycles. The molecule has 0 amide bonds. The fourth-order valence-electron chi connectivity index (χ4n) is 4.29. The number of hydrogen-bond acceptors (Lipinski definition) is 7. The summed E-state index contributed by atoms with van der Waals surface area (Å²) in [6, 6.07) is 0. The quantitative estimate of drug-likeness (QED) is 0.182. The minimum atomic E-state index is -1.39. The molecule has 2 aliphatic heterocycles. The topological polar surface area (TPSA) is 120 Å². The smallest absolute Gasteiger partial charge is 0.309 e. The molecule has 34 heavy (non-hydrogen) atoms. The standard InChI is InChI=1S/C27H44O7/c1-6-21(29)19(4)26-23(34-26)15-17(2)9-7-8-10-22-18(3)11-12-24(30)27(5,32)14-13-20(28)16-25(31)33-22/h7-12,17-24,26,28-30,32H,6,13-16H2,1-5H3/b9-7+,10-8+,12-11+/t17-,18-,19+,20+,21-,22-,23+,24-,26+,27-/m0/s1. The van der Waals surface area contributed by atoms with Crippen molar-refractivity contribution in [1.82, 2.24) is 0 Å². The van der Waals surface area contributed by atoms with Gasteiger partial charge in [-0.1, -0.05) is 58.1 Å². The molecule has 1 fully saturated rings. The lowest BCUT2D eigenvalue weighted by Gasteiger charge is -2.29. The number of carbonyl (C=O) groups is 1. The minimum absolute atomic E-state index is 0.121. The number of epoxide rings is 1. The summed E-state index contributed by atoms with van der Waals surface area (Å²) in [5.41, 5.74) is -1.39. The van der Waals surface area contributed by atoms with Crippen LogP contribution in [0.25, 0.3) is 0 Å². The van der Waals surface area contributed by atoms with E-state index in [1.165, 1.54) is 13.0 Å².